The van der Waals surface area contributed by atoms with Gasteiger partial charge in [0.25, 0.3) is 11.8 Å². The van der Waals surface area contributed by atoms with Crippen molar-refractivity contribution in [3.8, 4) is 5.75 Å². The molecule has 4 heterocycles. The van der Waals surface area contributed by atoms with E-state index < -0.39 is 0 Å². The summed E-state index contributed by atoms with van der Waals surface area (Å²) >= 11 is 0. The molecule has 0 bridgehead atoms. The molecule has 1 aromatic carbocycles. The van der Waals surface area contributed by atoms with Crippen molar-refractivity contribution >= 4 is 23.1 Å². The van der Waals surface area contributed by atoms with Crippen molar-refractivity contribution in [2.75, 3.05) is 31.5 Å². The molecule has 0 unspecified atom stereocenters. The van der Waals surface area contributed by atoms with Crippen LogP contribution in [0.1, 0.15) is 65.8 Å². The molecule has 2 amide bonds. The molecule has 200 valence electrons. The van der Waals surface area contributed by atoms with Crippen LogP contribution in [-0.2, 0) is 6.54 Å². The fourth-order valence-corrected chi connectivity index (χ4v) is 6.07. The highest BCUT2D eigenvalue weighted by atomic mass is 16.5. The third kappa shape index (κ3) is 4.74. The minimum Gasteiger partial charge on any atom is -0.489 e. The predicted molar refractivity (Wildman–Crippen MR) is 144 cm³/mol. The van der Waals surface area contributed by atoms with Crippen LogP contribution in [0.25, 0.3) is 5.65 Å². The molecule has 3 aliphatic rings. The number of benzene rings is 1. The molecule has 1 saturated heterocycles. The maximum absolute atomic E-state index is 13.5. The Labute approximate surface area is 222 Å². The second-order valence-electron chi connectivity index (χ2n) is 10.8. The number of ether oxygens (including phenoxy) is 1. The number of nitrogens with zero attached hydrogens (tertiary/aromatic N) is 5. The van der Waals surface area contributed by atoms with E-state index >= 15 is 0 Å². The molecular weight excluding hydrogens is 482 g/mol. The lowest BCUT2D eigenvalue weighted by molar-refractivity contribution is 0.0569. The monoisotopic (exact) mass is 517 g/mol. The first kappa shape index (κ1) is 24.8. The topological polar surface area (TPSA) is 104 Å². The summed E-state index contributed by atoms with van der Waals surface area (Å²) in [7, 11) is 0. The Kier molecular flexibility index (Phi) is 6.75. The number of hydrogen-bond acceptors (Lipinski definition) is 7. The van der Waals surface area contributed by atoms with Crippen LogP contribution < -0.4 is 15.4 Å². The van der Waals surface area contributed by atoms with Crippen molar-refractivity contribution in [2.24, 2.45) is 0 Å². The van der Waals surface area contributed by atoms with Gasteiger partial charge in [-0.25, -0.2) is 9.50 Å². The quantitative estimate of drug-likeness (QED) is 0.518. The second kappa shape index (κ2) is 10.3. The molecule has 0 atom stereocenters. The first-order valence-corrected chi connectivity index (χ1v) is 13.7. The lowest BCUT2D eigenvalue weighted by Crippen LogP contribution is -2.51. The summed E-state index contributed by atoms with van der Waals surface area (Å²) in [6.07, 6.45) is 9.08. The Bertz CT molecular complexity index is 1340. The van der Waals surface area contributed by atoms with Crippen molar-refractivity contribution in [1.82, 2.24) is 29.7 Å². The average molecular weight is 518 g/mol. The summed E-state index contributed by atoms with van der Waals surface area (Å²) in [4.78, 5) is 35.7. The SMILES string of the molecule is CC(C)Oc1cc2c(cc1NC(=O)c1cnn3cccnc13)CN([C@H]1CC[C@H](N3CCNCC3)CC1)C2=O. The van der Waals surface area contributed by atoms with Crippen LogP contribution in [0.4, 0.5) is 5.69 Å². The molecule has 10 heteroatoms. The molecule has 2 aliphatic heterocycles. The van der Waals surface area contributed by atoms with Gasteiger partial charge >= 0.3 is 0 Å². The predicted octanol–water partition coefficient (Wildman–Crippen LogP) is 2.94. The van der Waals surface area contributed by atoms with E-state index in [1.165, 1.54) is 6.20 Å². The zero-order valence-corrected chi connectivity index (χ0v) is 22.0. The van der Waals surface area contributed by atoms with Crippen LogP contribution in [0.5, 0.6) is 5.75 Å². The van der Waals surface area contributed by atoms with E-state index in [2.05, 4.69) is 25.6 Å². The minimum absolute atomic E-state index is 0.0592. The third-order valence-corrected chi connectivity index (χ3v) is 7.95. The first-order chi connectivity index (χ1) is 18.5. The molecule has 0 spiro atoms. The molecule has 38 heavy (non-hydrogen) atoms. The Morgan fingerprint density at radius 2 is 1.89 bits per heavy atom. The molecule has 6 rings (SSSR count). The lowest BCUT2D eigenvalue weighted by Gasteiger charge is -2.41. The highest BCUT2D eigenvalue weighted by Crippen LogP contribution is 2.38. The Hall–Kier alpha value is -3.50. The van der Waals surface area contributed by atoms with E-state index in [4.69, 9.17) is 4.74 Å². The van der Waals surface area contributed by atoms with Crippen LogP contribution in [0.2, 0.25) is 0 Å². The molecular formula is C28H35N7O3. The van der Waals surface area contributed by atoms with Crippen molar-refractivity contribution in [1.29, 1.82) is 0 Å². The molecule has 10 nitrogen and oxygen atoms in total. The maximum Gasteiger partial charge on any atom is 0.261 e. The number of fused-ring (bicyclic) bond motifs is 2. The number of nitrogens with one attached hydrogen (secondary N) is 2. The van der Waals surface area contributed by atoms with Gasteiger partial charge in [0, 0.05) is 62.8 Å². The fraction of sp³-hybridized carbons (Fsp3) is 0.500. The highest BCUT2D eigenvalue weighted by Gasteiger charge is 2.37. The largest absolute Gasteiger partial charge is 0.489 e. The minimum atomic E-state index is -0.320. The normalized spacial score (nSPS) is 22.2. The van der Waals surface area contributed by atoms with Gasteiger partial charge in [-0.05, 0) is 63.3 Å². The molecule has 2 aromatic heterocycles. The molecule has 1 aliphatic carbocycles. The van der Waals surface area contributed by atoms with E-state index in [1.54, 1.807) is 29.0 Å². The number of hydrogen-bond donors (Lipinski definition) is 2. The number of rotatable bonds is 6. The van der Waals surface area contributed by atoms with Crippen molar-refractivity contribution in [3.05, 3.63) is 53.5 Å². The Morgan fingerprint density at radius 1 is 1.13 bits per heavy atom. The smallest absolute Gasteiger partial charge is 0.261 e. The van der Waals surface area contributed by atoms with Crippen LogP contribution in [0.15, 0.2) is 36.8 Å². The molecule has 3 aromatic rings. The van der Waals surface area contributed by atoms with E-state index in [1.807, 2.05) is 24.8 Å². The van der Waals surface area contributed by atoms with Gasteiger partial charge in [0.2, 0.25) is 0 Å². The van der Waals surface area contributed by atoms with E-state index in [0.717, 1.165) is 57.4 Å². The Balaban J connectivity index is 1.20. The standard InChI is InChI=1S/C28H35N7O3/c1-18(2)38-25-15-22-19(14-24(25)32-27(36)23-16-31-35-11-3-8-30-26(23)35)17-34(28(22)37)21-6-4-20(5-7-21)33-12-9-29-10-13-33/h3,8,11,14-16,18,20-21,29H,4-7,9-10,12-13,17H2,1-2H3,(H,32,36)/t20-,21-. The van der Waals surface area contributed by atoms with Gasteiger partial charge in [-0.2, -0.15) is 5.10 Å². The average Bonchev–Trinajstić information content (AvgIpc) is 3.50. The second-order valence-corrected chi connectivity index (χ2v) is 10.8. The van der Waals surface area contributed by atoms with Crippen molar-refractivity contribution in [2.45, 2.75) is 64.3 Å². The summed E-state index contributed by atoms with van der Waals surface area (Å²) in [6, 6.07) is 6.32. The summed E-state index contributed by atoms with van der Waals surface area (Å²) < 4.78 is 7.62. The molecule has 2 fully saturated rings. The maximum atomic E-state index is 13.5. The van der Waals surface area contributed by atoms with E-state index in [0.29, 0.717) is 40.8 Å². The van der Waals surface area contributed by atoms with E-state index in [-0.39, 0.29) is 24.0 Å². The van der Waals surface area contributed by atoms with E-state index in [9.17, 15) is 9.59 Å². The van der Waals surface area contributed by atoms with Gasteiger partial charge < -0.3 is 20.3 Å². The van der Waals surface area contributed by atoms with Gasteiger partial charge in [0.05, 0.1) is 18.0 Å². The number of piperazine rings is 1. The van der Waals surface area contributed by atoms with Crippen molar-refractivity contribution < 1.29 is 14.3 Å². The third-order valence-electron chi connectivity index (χ3n) is 7.95. The summed E-state index contributed by atoms with van der Waals surface area (Å²) in [5, 5.41) is 10.6. The van der Waals surface area contributed by atoms with Gasteiger partial charge in [-0.15, -0.1) is 0 Å². The molecule has 2 N–H and O–H groups in total. The summed E-state index contributed by atoms with van der Waals surface area (Å²) in [6.45, 7) is 8.77. The number of carbonyl (C=O) groups is 2. The van der Waals surface area contributed by atoms with Crippen LogP contribution in [0.3, 0.4) is 0 Å². The zero-order chi connectivity index (χ0) is 26.2. The number of amides is 2. The van der Waals surface area contributed by atoms with Gasteiger partial charge in [-0.1, -0.05) is 0 Å². The number of anilines is 1. The molecule has 0 radical (unpaired) electrons. The van der Waals surface area contributed by atoms with Crippen LogP contribution >= 0.6 is 0 Å². The Morgan fingerprint density at radius 3 is 2.66 bits per heavy atom. The fourth-order valence-electron chi connectivity index (χ4n) is 6.07. The van der Waals surface area contributed by atoms with Gasteiger partial charge in [-0.3, -0.25) is 14.5 Å². The first-order valence-electron chi connectivity index (χ1n) is 13.7. The van der Waals surface area contributed by atoms with Crippen molar-refractivity contribution in [3.63, 3.8) is 0 Å². The lowest BCUT2D eigenvalue weighted by atomic mass is 9.89. The van der Waals surface area contributed by atoms with Crippen LogP contribution in [0, 0.1) is 0 Å². The highest BCUT2D eigenvalue weighted by molar-refractivity contribution is 6.09. The molecule has 1 saturated carbocycles. The number of carbonyl (C=O) groups excluding carboxylic acids is 2. The zero-order valence-electron chi connectivity index (χ0n) is 22.0. The summed E-state index contributed by atoms with van der Waals surface area (Å²) in [5.74, 6) is 0.234. The summed E-state index contributed by atoms with van der Waals surface area (Å²) in [5.41, 5.74) is 3.00. The van der Waals surface area contributed by atoms with Crippen LogP contribution in [-0.4, -0.2) is 80.6 Å². The number of aromatic nitrogens is 3. The van der Waals surface area contributed by atoms with Gasteiger partial charge in [0.1, 0.15) is 11.3 Å². The van der Waals surface area contributed by atoms with Gasteiger partial charge in [0.15, 0.2) is 5.65 Å².